The van der Waals surface area contributed by atoms with Crippen LogP contribution in [0.2, 0.25) is 0 Å². The van der Waals surface area contributed by atoms with Crippen molar-refractivity contribution in [1.29, 1.82) is 0 Å². The summed E-state index contributed by atoms with van der Waals surface area (Å²) in [6.07, 6.45) is 0. The average molecular weight is 170 g/mol. The Balaban J connectivity index is 2.38. The zero-order valence-electron chi connectivity index (χ0n) is 8.37. The van der Waals surface area contributed by atoms with Gasteiger partial charge in [0.15, 0.2) is 0 Å². The largest absolute Gasteiger partial charge is 0.340 e. The van der Waals surface area contributed by atoms with Crippen molar-refractivity contribution in [1.82, 2.24) is 9.80 Å². The molecule has 70 valence electrons. The Labute approximate surface area is 74.3 Å². The molecule has 0 aromatic carbocycles. The second-order valence-electron chi connectivity index (χ2n) is 3.98. The van der Waals surface area contributed by atoms with Crippen LogP contribution < -0.4 is 0 Å². The molecular weight excluding hydrogens is 152 g/mol. The van der Waals surface area contributed by atoms with E-state index in [-0.39, 0.29) is 11.8 Å². The van der Waals surface area contributed by atoms with E-state index in [1.165, 1.54) is 0 Å². The molecule has 0 aromatic heterocycles. The first-order chi connectivity index (χ1) is 5.52. The molecule has 1 heterocycles. The van der Waals surface area contributed by atoms with E-state index in [1.807, 2.05) is 25.8 Å². The van der Waals surface area contributed by atoms with Crippen LogP contribution in [0, 0.1) is 5.92 Å². The fourth-order valence-corrected chi connectivity index (χ4v) is 1.50. The van der Waals surface area contributed by atoms with Gasteiger partial charge in [-0.15, -0.1) is 0 Å². The number of hydrogen-bond acceptors (Lipinski definition) is 2. The molecule has 1 aliphatic heterocycles. The lowest BCUT2D eigenvalue weighted by Crippen LogP contribution is -2.58. The van der Waals surface area contributed by atoms with Crippen molar-refractivity contribution in [2.24, 2.45) is 5.92 Å². The zero-order valence-corrected chi connectivity index (χ0v) is 8.37. The van der Waals surface area contributed by atoms with Crippen molar-refractivity contribution >= 4 is 5.91 Å². The standard InChI is InChI=1S/C9H18N2O/c1-7(2)9(12)11(4)8-5-10(3)6-8/h7-8H,5-6H2,1-4H3. The first-order valence-electron chi connectivity index (χ1n) is 4.47. The smallest absolute Gasteiger partial charge is 0.225 e. The highest BCUT2D eigenvalue weighted by Gasteiger charge is 2.30. The number of carbonyl (C=O) groups excluding carboxylic acids is 1. The molecule has 0 atom stereocenters. The highest BCUT2D eigenvalue weighted by atomic mass is 16.2. The monoisotopic (exact) mass is 170 g/mol. The van der Waals surface area contributed by atoms with E-state index in [9.17, 15) is 4.79 Å². The van der Waals surface area contributed by atoms with E-state index in [4.69, 9.17) is 0 Å². The summed E-state index contributed by atoms with van der Waals surface area (Å²) < 4.78 is 0. The van der Waals surface area contributed by atoms with Crippen LogP contribution >= 0.6 is 0 Å². The van der Waals surface area contributed by atoms with Gasteiger partial charge < -0.3 is 9.80 Å². The van der Waals surface area contributed by atoms with Crippen LogP contribution in [0.5, 0.6) is 0 Å². The van der Waals surface area contributed by atoms with Gasteiger partial charge >= 0.3 is 0 Å². The van der Waals surface area contributed by atoms with E-state index in [0.717, 1.165) is 13.1 Å². The van der Waals surface area contributed by atoms with Crippen LogP contribution in [0.15, 0.2) is 0 Å². The highest BCUT2D eigenvalue weighted by Crippen LogP contribution is 2.13. The zero-order chi connectivity index (χ0) is 9.30. The molecule has 0 N–H and O–H groups in total. The Morgan fingerprint density at radius 1 is 1.50 bits per heavy atom. The Morgan fingerprint density at radius 2 is 2.00 bits per heavy atom. The van der Waals surface area contributed by atoms with Gasteiger partial charge in [-0.05, 0) is 7.05 Å². The van der Waals surface area contributed by atoms with Gasteiger partial charge in [-0.1, -0.05) is 13.8 Å². The van der Waals surface area contributed by atoms with Crippen molar-refractivity contribution in [2.75, 3.05) is 27.2 Å². The number of hydrogen-bond donors (Lipinski definition) is 0. The van der Waals surface area contributed by atoms with Crippen LogP contribution in [0.25, 0.3) is 0 Å². The Morgan fingerprint density at radius 3 is 2.33 bits per heavy atom. The average Bonchev–Trinajstić information content (AvgIpc) is 1.95. The summed E-state index contributed by atoms with van der Waals surface area (Å²) in [6.45, 7) is 5.94. The molecule has 1 saturated heterocycles. The van der Waals surface area contributed by atoms with Crippen molar-refractivity contribution < 1.29 is 4.79 Å². The van der Waals surface area contributed by atoms with Crippen LogP contribution in [0.1, 0.15) is 13.8 Å². The minimum Gasteiger partial charge on any atom is -0.340 e. The van der Waals surface area contributed by atoms with E-state index in [0.29, 0.717) is 6.04 Å². The molecule has 1 rings (SSSR count). The molecule has 3 nitrogen and oxygen atoms in total. The molecular formula is C9H18N2O. The Bertz CT molecular complexity index is 173. The fourth-order valence-electron chi connectivity index (χ4n) is 1.50. The van der Waals surface area contributed by atoms with Gasteiger partial charge in [-0.25, -0.2) is 0 Å². The number of amides is 1. The van der Waals surface area contributed by atoms with Crippen molar-refractivity contribution in [3.05, 3.63) is 0 Å². The third-order valence-electron chi connectivity index (χ3n) is 2.43. The molecule has 3 heteroatoms. The first kappa shape index (κ1) is 9.52. The summed E-state index contributed by atoms with van der Waals surface area (Å²) >= 11 is 0. The maximum atomic E-state index is 11.5. The van der Waals surface area contributed by atoms with Gasteiger partial charge in [0.1, 0.15) is 0 Å². The van der Waals surface area contributed by atoms with Gasteiger partial charge in [0, 0.05) is 26.1 Å². The predicted molar refractivity (Wildman–Crippen MR) is 48.9 cm³/mol. The lowest BCUT2D eigenvalue weighted by molar-refractivity contribution is -0.138. The van der Waals surface area contributed by atoms with Crippen LogP contribution in [0.3, 0.4) is 0 Å². The molecule has 0 saturated carbocycles. The lowest BCUT2D eigenvalue weighted by atomic mass is 10.1. The summed E-state index contributed by atoms with van der Waals surface area (Å²) in [4.78, 5) is 15.6. The van der Waals surface area contributed by atoms with Crippen molar-refractivity contribution in [3.8, 4) is 0 Å². The van der Waals surface area contributed by atoms with Crippen molar-refractivity contribution in [2.45, 2.75) is 19.9 Å². The molecule has 1 fully saturated rings. The minimum atomic E-state index is 0.126. The maximum absolute atomic E-state index is 11.5. The maximum Gasteiger partial charge on any atom is 0.225 e. The number of likely N-dealkylation sites (N-methyl/N-ethyl adjacent to an activating group) is 2. The number of likely N-dealkylation sites (tertiary alicyclic amines) is 1. The van der Waals surface area contributed by atoms with E-state index < -0.39 is 0 Å². The molecule has 0 unspecified atom stereocenters. The summed E-state index contributed by atoms with van der Waals surface area (Å²) in [5.74, 6) is 0.383. The molecule has 0 spiro atoms. The van der Waals surface area contributed by atoms with Crippen molar-refractivity contribution in [3.63, 3.8) is 0 Å². The topological polar surface area (TPSA) is 23.6 Å². The van der Waals surface area contributed by atoms with E-state index in [1.54, 1.807) is 0 Å². The Hall–Kier alpha value is -0.570. The van der Waals surface area contributed by atoms with E-state index in [2.05, 4.69) is 11.9 Å². The van der Waals surface area contributed by atoms with Gasteiger partial charge in [0.2, 0.25) is 5.91 Å². The first-order valence-corrected chi connectivity index (χ1v) is 4.47. The predicted octanol–water partition coefficient (Wildman–Crippen LogP) is 0.415. The van der Waals surface area contributed by atoms with E-state index >= 15 is 0 Å². The summed E-state index contributed by atoms with van der Waals surface area (Å²) in [6, 6.07) is 0.449. The summed E-state index contributed by atoms with van der Waals surface area (Å²) in [5.41, 5.74) is 0. The van der Waals surface area contributed by atoms with Crippen LogP contribution in [-0.2, 0) is 4.79 Å². The van der Waals surface area contributed by atoms with Crippen LogP contribution in [-0.4, -0.2) is 48.9 Å². The van der Waals surface area contributed by atoms with Gasteiger partial charge in [-0.3, -0.25) is 4.79 Å². The molecule has 0 aliphatic carbocycles. The molecule has 1 aliphatic rings. The number of nitrogens with zero attached hydrogens (tertiary/aromatic N) is 2. The SMILES string of the molecule is CC(C)C(=O)N(C)C1CN(C)C1. The second kappa shape index (κ2) is 3.44. The molecule has 0 bridgehead atoms. The highest BCUT2D eigenvalue weighted by molar-refractivity contribution is 5.78. The quantitative estimate of drug-likeness (QED) is 0.599. The minimum absolute atomic E-state index is 0.126. The summed E-state index contributed by atoms with van der Waals surface area (Å²) in [7, 11) is 3.98. The Kier molecular flexibility index (Phi) is 2.73. The van der Waals surface area contributed by atoms with Gasteiger partial charge in [0.05, 0.1) is 6.04 Å². The lowest BCUT2D eigenvalue weighted by Gasteiger charge is -2.42. The molecule has 0 aromatic rings. The normalized spacial score (nSPS) is 19.4. The third kappa shape index (κ3) is 1.78. The number of rotatable bonds is 2. The fraction of sp³-hybridized carbons (Fsp3) is 0.889. The molecule has 0 radical (unpaired) electrons. The van der Waals surface area contributed by atoms with Gasteiger partial charge in [0.25, 0.3) is 0 Å². The number of carbonyl (C=O) groups is 1. The summed E-state index contributed by atoms with van der Waals surface area (Å²) in [5, 5.41) is 0. The van der Waals surface area contributed by atoms with Gasteiger partial charge in [-0.2, -0.15) is 0 Å². The van der Waals surface area contributed by atoms with Crippen LogP contribution in [0.4, 0.5) is 0 Å². The molecule has 12 heavy (non-hydrogen) atoms. The third-order valence-corrected chi connectivity index (χ3v) is 2.43. The molecule has 1 amide bonds. The second-order valence-corrected chi connectivity index (χ2v) is 3.98.